The average Bonchev–Trinajstić information content (AvgIpc) is 3.16. The molecule has 0 saturated carbocycles. The Morgan fingerprint density at radius 3 is 2.76 bits per heavy atom. The van der Waals surface area contributed by atoms with Crippen LogP contribution < -0.4 is 0 Å². The number of methoxy groups -OCH3 is 1. The van der Waals surface area contributed by atoms with Crippen LogP contribution in [0.5, 0.6) is 0 Å². The Balaban J connectivity index is 1.83. The number of hydrogen-bond donors (Lipinski definition) is 1. The number of furan rings is 1. The predicted octanol–water partition coefficient (Wildman–Crippen LogP) is 2.83. The summed E-state index contributed by atoms with van der Waals surface area (Å²) in [4.78, 5) is 25.9. The van der Waals surface area contributed by atoms with E-state index >= 15 is 0 Å². The molecular weight excluding hydrogens is 322 g/mol. The number of nitrogens with one attached hydrogen (secondary N) is 1. The third kappa shape index (κ3) is 3.13. The van der Waals surface area contributed by atoms with Gasteiger partial charge in [0.15, 0.2) is 5.69 Å². The lowest BCUT2D eigenvalue weighted by Crippen LogP contribution is -2.26. The SMILES string of the molecule is COC(=O)c1cc(CN(C)C(=O)c2n[nH]c3ccc(C)cc23)oc1C. The molecule has 3 rings (SSSR count). The van der Waals surface area contributed by atoms with Gasteiger partial charge < -0.3 is 14.1 Å². The molecule has 0 fully saturated rings. The first-order valence-electron chi connectivity index (χ1n) is 7.78. The standard InChI is InChI=1S/C18H19N3O4/c1-10-5-6-15-14(7-10)16(20-19-15)17(22)21(3)9-12-8-13(11(2)25-12)18(23)24-4/h5-8H,9H2,1-4H3,(H,19,20). The van der Waals surface area contributed by atoms with Crippen LogP contribution in [-0.4, -0.2) is 41.1 Å². The molecule has 2 heterocycles. The van der Waals surface area contributed by atoms with Crippen molar-refractivity contribution < 1.29 is 18.7 Å². The van der Waals surface area contributed by atoms with Crippen LogP contribution in [0.4, 0.5) is 0 Å². The minimum absolute atomic E-state index is 0.219. The molecule has 0 spiro atoms. The van der Waals surface area contributed by atoms with Crippen molar-refractivity contribution in [3.05, 3.63) is 52.6 Å². The normalized spacial score (nSPS) is 10.9. The topological polar surface area (TPSA) is 88.4 Å². The molecule has 7 heteroatoms. The fourth-order valence-electron chi connectivity index (χ4n) is 2.71. The Hall–Kier alpha value is -3.09. The minimum Gasteiger partial charge on any atom is -0.465 e. The maximum atomic E-state index is 12.7. The van der Waals surface area contributed by atoms with Gasteiger partial charge in [-0.3, -0.25) is 9.89 Å². The fraction of sp³-hybridized carbons (Fsp3) is 0.278. The van der Waals surface area contributed by atoms with E-state index in [-0.39, 0.29) is 12.5 Å². The molecule has 0 atom stereocenters. The van der Waals surface area contributed by atoms with Crippen LogP contribution in [-0.2, 0) is 11.3 Å². The summed E-state index contributed by atoms with van der Waals surface area (Å²) in [6, 6.07) is 7.37. The van der Waals surface area contributed by atoms with Crippen LogP contribution in [0.25, 0.3) is 10.9 Å². The highest BCUT2D eigenvalue weighted by Crippen LogP contribution is 2.21. The second kappa shape index (κ2) is 6.43. The molecule has 3 aromatic rings. The lowest BCUT2D eigenvalue weighted by molar-refractivity contribution is 0.0598. The Labute approximate surface area is 144 Å². The van der Waals surface area contributed by atoms with E-state index in [4.69, 9.17) is 9.15 Å². The van der Waals surface area contributed by atoms with E-state index in [0.717, 1.165) is 16.5 Å². The number of rotatable bonds is 4. The number of hydrogen-bond acceptors (Lipinski definition) is 5. The van der Waals surface area contributed by atoms with Gasteiger partial charge >= 0.3 is 5.97 Å². The zero-order valence-electron chi connectivity index (χ0n) is 14.5. The molecule has 0 aliphatic carbocycles. The quantitative estimate of drug-likeness (QED) is 0.737. The van der Waals surface area contributed by atoms with Crippen LogP contribution in [0.3, 0.4) is 0 Å². The molecule has 7 nitrogen and oxygen atoms in total. The van der Waals surface area contributed by atoms with E-state index in [1.165, 1.54) is 12.0 Å². The van der Waals surface area contributed by atoms with Crippen molar-refractivity contribution in [3.8, 4) is 0 Å². The Morgan fingerprint density at radius 2 is 2.04 bits per heavy atom. The second-order valence-corrected chi connectivity index (χ2v) is 5.96. The van der Waals surface area contributed by atoms with Crippen molar-refractivity contribution in [1.82, 2.24) is 15.1 Å². The minimum atomic E-state index is -0.463. The van der Waals surface area contributed by atoms with Crippen molar-refractivity contribution in [2.75, 3.05) is 14.2 Å². The summed E-state index contributed by atoms with van der Waals surface area (Å²) in [6.07, 6.45) is 0. The Bertz CT molecular complexity index is 955. The predicted molar refractivity (Wildman–Crippen MR) is 91.4 cm³/mol. The lowest BCUT2D eigenvalue weighted by atomic mass is 10.1. The van der Waals surface area contributed by atoms with Crippen molar-refractivity contribution >= 4 is 22.8 Å². The van der Waals surface area contributed by atoms with Gasteiger partial charge in [-0.15, -0.1) is 0 Å². The number of aromatic amines is 1. The van der Waals surface area contributed by atoms with Gasteiger partial charge in [0.25, 0.3) is 5.91 Å². The summed E-state index contributed by atoms with van der Waals surface area (Å²) in [7, 11) is 2.98. The van der Waals surface area contributed by atoms with Crippen molar-refractivity contribution in [2.45, 2.75) is 20.4 Å². The van der Waals surface area contributed by atoms with E-state index in [1.54, 1.807) is 20.0 Å². The summed E-state index contributed by atoms with van der Waals surface area (Å²) in [5.74, 6) is 0.272. The largest absolute Gasteiger partial charge is 0.465 e. The molecule has 0 unspecified atom stereocenters. The average molecular weight is 341 g/mol. The zero-order chi connectivity index (χ0) is 18.1. The molecule has 1 amide bonds. The molecule has 0 bridgehead atoms. The molecule has 1 N–H and O–H groups in total. The summed E-state index contributed by atoms with van der Waals surface area (Å²) in [5, 5.41) is 7.79. The van der Waals surface area contributed by atoms with Gasteiger partial charge in [-0.2, -0.15) is 5.10 Å². The van der Waals surface area contributed by atoms with E-state index in [9.17, 15) is 9.59 Å². The summed E-state index contributed by atoms with van der Waals surface area (Å²) >= 11 is 0. The van der Waals surface area contributed by atoms with Crippen molar-refractivity contribution in [3.63, 3.8) is 0 Å². The van der Waals surface area contributed by atoms with Crippen LogP contribution in [0.2, 0.25) is 0 Å². The molecular formula is C18H19N3O4. The third-order valence-electron chi connectivity index (χ3n) is 4.03. The molecule has 25 heavy (non-hydrogen) atoms. The third-order valence-corrected chi connectivity index (χ3v) is 4.03. The smallest absolute Gasteiger partial charge is 0.341 e. The first-order chi connectivity index (χ1) is 11.9. The highest BCUT2D eigenvalue weighted by atomic mass is 16.5. The number of carbonyl (C=O) groups is 2. The summed E-state index contributed by atoms with van der Waals surface area (Å²) in [6.45, 7) is 3.86. The molecule has 0 radical (unpaired) electrons. The van der Waals surface area contributed by atoms with E-state index < -0.39 is 5.97 Å². The lowest BCUT2D eigenvalue weighted by Gasteiger charge is -2.14. The number of nitrogens with zero attached hydrogens (tertiary/aromatic N) is 2. The van der Waals surface area contributed by atoms with Gasteiger partial charge in [0, 0.05) is 12.4 Å². The molecule has 0 aliphatic heterocycles. The number of aromatic nitrogens is 2. The zero-order valence-corrected chi connectivity index (χ0v) is 14.5. The monoisotopic (exact) mass is 341 g/mol. The van der Waals surface area contributed by atoms with Crippen LogP contribution >= 0.6 is 0 Å². The van der Waals surface area contributed by atoms with Crippen molar-refractivity contribution in [2.24, 2.45) is 0 Å². The Kier molecular flexibility index (Phi) is 4.31. The van der Waals surface area contributed by atoms with Crippen molar-refractivity contribution in [1.29, 1.82) is 0 Å². The van der Waals surface area contributed by atoms with Gasteiger partial charge in [0.05, 0.1) is 19.2 Å². The molecule has 130 valence electrons. The summed E-state index contributed by atoms with van der Waals surface area (Å²) in [5.41, 5.74) is 2.58. The maximum absolute atomic E-state index is 12.7. The number of carbonyl (C=O) groups excluding carboxylic acids is 2. The van der Waals surface area contributed by atoms with Gasteiger partial charge in [-0.25, -0.2) is 4.79 Å². The number of H-pyrrole nitrogens is 1. The number of fused-ring (bicyclic) bond motifs is 1. The van der Waals surface area contributed by atoms with Crippen LogP contribution in [0.1, 0.15) is 37.9 Å². The van der Waals surface area contributed by atoms with E-state index in [2.05, 4.69) is 10.2 Å². The van der Waals surface area contributed by atoms with Gasteiger partial charge in [-0.05, 0) is 32.0 Å². The van der Waals surface area contributed by atoms with E-state index in [1.807, 2.05) is 25.1 Å². The summed E-state index contributed by atoms with van der Waals surface area (Å²) < 4.78 is 10.3. The maximum Gasteiger partial charge on any atom is 0.341 e. The first kappa shape index (κ1) is 16.8. The Morgan fingerprint density at radius 1 is 1.28 bits per heavy atom. The molecule has 0 aliphatic rings. The molecule has 1 aromatic carbocycles. The number of amides is 1. The van der Waals surface area contributed by atoms with Crippen LogP contribution in [0.15, 0.2) is 28.7 Å². The van der Waals surface area contributed by atoms with Gasteiger partial charge in [0.1, 0.15) is 17.1 Å². The fourth-order valence-corrected chi connectivity index (χ4v) is 2.71. The highest BCUT2D eigenvalue weighted by Gasteiger charge is 2.21. The second-order valence-electron chi connectivity index (χ2n) is 5.96. The first-order valence-corrected chi connectivity index (χ1v) is 7.78. The number of benzene rings is 1. The van der Waals surface area contributed by atoms with E-state index in [0.29, 0.717) is 22.8 Å². The van der Waals surface area contributed by atoms with Crippen LogP contribution in [0, 0.1) is 13.8 Å². The molecule has 0 saturated heterocycles. The molecule has 2 aromatic heterocycles. The highest BCUT2D eigenvalue weighted by molar-refractivity contribution is 6.04. The number of aryl methyl sites for hydroxylation is 2. The van der Waals surface area contributed by atoms with Gasteiger partial charge in [0.2, 0.25) is 0 Å². The number of esters is 1. The number of ether oxygens (including phenoxy) is 1. The van der Waals surface area contributed by atoms with Gasteiger partial charge in [-0.1, -0.05) is 11.6 Å².